The zero-order valence-corrected chi connectivity index (χ0v) is 9.13. The van der Waals surface area contributed by atoms with E-state index in [1.807, 2.05) is 6.20 Å². The van der Waals surface area contributed by atoms with Crippen molar-refractivity contribution in [2.24, 2.45) is 11.7 Å². The largest absolute Gasteiger partial charge is 0.330 e. The highest BCUT2D eigenvalue weighted by Crippen LogP contribution is 2.25. The maximum Gasteiger partial charge on any atom is 0.0755 e. The molecule has 1 aliphatic heterocycles. The second-order valence-electron chi connectivity index (χ2n) is 4.19. The molecule has 2 rings (SSSR count). The summed E-state index contributed by atoms with van der Waals surface area (Å²) in [5, 5.41) is 0. The Bertz CT molecular complexity index is 301. The highest BCUT2D eigenvalue weighted by molar-refractivity contribution is 5.02. The first kappa shape index (κ1) is 10.5. The van der Waals surface area contributed by atoms with Gasteiger partial charge in [-0.05, 0) is 32.4 Å². The summed E-state index contributed by atoms with van der Waals surface area (Å²) in [5.74, 6) is 0.657. The maximum absolute atomic E-state index is 5.68. The molecule has 1 fully saturated rings. The summed E-state index contributed by atoms with van der Waals surface area (Å²) in [4.78, 5) is 10.9. The third-order valence-corrected chi connectivity index (χ3v) is 3.21. The fourth-order valence-electron chi connectivity index (χ4n) is 2.12. The van der Waals surface area contributed by atoms with Gasteiger partial charge >= 0.3 is 0 Å². The molecule has 1 saturated heterocycles. The lowest BCUT2D eigenvalue weighted by Gasteiger charge is -2.23. The minimum absolute atomic E-state index is 0.357. The minimum atomic E-state index is 0.357. The molecule has 0 saturated carbocycles. The van der Waals surface area contributed by atoms with Crippen LogP contribution in [0.3, 0.4) is 0 Å². The molecule has 4 heteroatoms. The van der Waals surface area contributed by atoms with Crippen LogP contribution in [0.5, 0.6) is 0 Å². The molecule has 0 spiro atoms. The number of aromatic nitrogens is 2. The molecule has 2 N–H and O–H groups in total. The molecule has 82 valence electrons. The smallest absolute Gasteiger partial charge is 0.0755 e. The Kier molecular flexibility index (Phi) is 3.28. The molecule has 1 aromatic heterocycles. The molecular weight excluding hydrogens is 188 g/mol. The molecule has 1 aromatic rings. The van der Waals surface area contributed by atoms with Crippen LogP contribution in [-0.4, -0.2) is 34.5 Å². The molecule has 1 aliphatic rings. The van der Waals surface area contributed by atoms with Crippen molar-refractivity contribution >= 4 is 0 Å². The van der Waals surface area contributed by atoms with Crippen molar-refractivity contribution < 1.29 is 0 Å². The number of nitrogens with zero attached hydrogens (tertiary/aromatic N) is 3. The molecule has 2 heterocycles. The number of rotatable bonds is 3. The van der Waals surface area contributed by atoms with Gasteiger partial charge in [0, 0.05) is 25.1 Å². The van der Waals surface area contributed by atoms with Crippen molar-refractivity contribution in [3.63, 3.8) is 0 Å². The molecule has 0 aliphatic carbocycles. The monoisotopic (exact) mass is 206 g/mol. The van der Waals surface area contributed by atoms with Crippen LogP contribution in [0.2, 0.25) is 0 Å². The van der Waals surface area contributed by atoms with Gasteiger partial charge in [0.15, 0.2) is 0 Å². The van der Waals surface area contributed by atoms with E-state index in [1.54, 1.807) is 12.4 Å². The zero-order chi connectivity index (χ0) is 10.7. The standard InChI is InChI=1S/C11H18N4/c1-9(11-7-13-3-4-14-11)15-5-2-10(6-12)8-15/h3-4,7,9-10H,2,5-6,8,12H2,1H3/t9-,10-/m1/s1. The number of hydrogen-bond donors (Lipinski definition) is 1. The Labute approximate surface area is 90.5 Å². The van der Waals surface area contributed by atoms with Crippen molar-refractivity contribution in [3.8, 4) is 0 Å². The van der Waals surface area contributed by atoms with Crippen LogP contribution in [0.1, 0.15) is 25.1 Å². The van der Waals surface area contributed by atoms with E-state index in [1.165, 1.54) is 6.42 Å². The summed E-state index contributed by atoms with van der Waals surface area (Å²) < 4.78 is 0. The van der Waals surface area contributed by atoms with Gasteiger partial charge in [-0.15, -0.1) is 0 Å². The van der Waals surface area contributed by atoms with Crippen LogP contribution in [0.4, 0.5) is 0 Å². The van der Waals surface area contributed by atoms with Gasteiger partial charge in [0.25, 0.3) is 0 Å². The minimum Gasteiger partial charge on any atom is -0.330 e. The van der Waals surface area contributed by atoms with Crippen LogP contribution >= 0.6 is 0 Å². The van der Waals surface area contributed by atoms with Gasteiger partial charge in [-0.25, -0.2) is 0 Å². The van der Waals surface area contributed by atoms with E-state index < -0.39 is 0 Å². The molecule has 15 heavy (non-hydrogen) atoms. The molecular formula is C11H18N4. The summed E-state index contributed by atoms with van der Waals surface area (Å²) >= 11 is 0. The van der Waals surface area contributed by atoms with Gasteiger partial charge in [0.05, 0.1) is 11.7 Å². The lowest BCUT2D eigenvalue weighted by molar-refractivity contribution is 0.248. The summed E-state index contributed by atoms with van der Waals surface area (Å²) in [7, 11) is 0. The average Bonchev–Trinajstić information content (AvgIpc) is 2.78. The normalized spacial score (nSPS) is 24.3. The Hall–Kier alpha value is -1.00. The predicted octanol–water partition coefficient (Wildman–Crippen LogP) is 0.818. The lowest BCUT2D eigenvalue weighted by atomic mass is 10.1. The Morgan fingerprint density at radius 1 is 1.60 bits per heavy atom. The van der Waals surface area contributed by atoms with Crippen LogP contribution in [-0.2, 0) is 0 Å². The van der Waals surface area contributed by atoms with Crippen LogP contribution in [0, 0.1) is 5.92 Å². The van der Waals surface area contributed by atoms with Crippen molar-refractivity contribution in [2.45, 2.75) is 19.4 Å². The number of nitrogens with two attached hydrogens (primary N) is 1. The van der Waals surface area contributed by atoms with Gasteiger partial charge in [-0.1, -0.05) is 0 Å². The molecule has 0 bridgehead atoms. The number of likely N-dealkylation sites (tertiary alicyclic amines) is 1. The van der Waals surface area contributed by atoms with Gasteiger partial charge < -0.3 is 5.73 Å². The average molecular weight is 206 g/mol. The Morgan fingerprint density at radius 3 is 3.07 bits per heavy atom. The Morgan fingerprint density at radius 2 is 2.47 bits per heavy atom. The molecule has 0 radical (unpaired) electrons. The topological polar surface area (TPSA) is 55.0 Å². The zero-order valence-electron chi connectivity index (χ0n) is 9.13. The van der Waals surface area contributed by atoms with E-state index in [9.17, 15) is 0 Å². The second kappa shape index (κ2) is 4.68. The first-order valence-electron chi connectivity index (χ1n) is 5.51. The first-order valence-corrected chi connectivity index (χ1v) is 5.51. The SMILES string of the molecule is C[C@H](c1cnccn1)N1CC[C@H](CN)C1. The highest BCUT2D eigenvalue weighted by Gasteiger charge is 2.26. The summed E-state index contributed by atoms with van der Waals surface area (Å²) in [6.45, 7) is 5.19. The van der Waals surface area contributed by atoms with Crippen molar-refractivity contribution in [1.29, 1.82) is 0 Å². The fraction of sp³-hybridized carbons (Fsp3) is 0.636. The maximum atomic E-state index is 5.68. The van der Waals surface area contributed by atoms with E-state index in [4.69, 9.17) is 5.73 Å². The quantitative estimate of drug-likeness (QED) is 0.795. The Balaban J connectivity index is 2.00. The van der Waals surface area contributed by atoms with E-state index in [0.717, 1.165) is 25.3 Å². The van der Waals surface area contributed by atoms with Gasteiger partial charge in [-0.3, -0.25) is 14.9 Å². The molecule has 4 nitrogen and oxygen atoms in total. The summed E-state index contributed by atoms with van der Waals surface area (Å²) in [6.07, 6.45) is 6.52. The van der Waals surface area contributed by atoms with Gasteiger partial charge in [0.1, 0.15) is 0 Å². The number of hydrogen-bond acceptors (Lipinski definition) is 4. The van der Waals surface area contributed by atoms with E-state index >= 15 is 0 Å². The van der Waals surface area contributed by atoms with E-state index in [0.29, 0.717) is 12.0 Å². The molecule has 2 atom stereocenters. The predicted molar refractivity (Wildman–Crippen MR) is 59.2 cm³/mol. The van der Waals surface area contributed by atoms with Crippen molar-refractivity contribution in [2.75, 3.05) is 19.6 Å². The van der Waals surface area contributed by atoms with Crippen molar-refractivity contribution in [1.82, 2.24) is 14.9 Å². The highest BCUT2D eigenvalue weighted by atomic mass is 15.2. The second-order valence-corrected chi connectivity index (χ2v) is 4.19. The third-order valence-electron chi connectivity index (χ3n) is 3.21. The lowest BCUT2D eigenvalue weighted by Crippen LogP contribution is -2.26. The first-order chi connectivity index (χ1) is 7.31. The summed E-state index contributed by atoms with van der Waals surface area (Å²) in [5.41, 5.74) is 6.73. The van der Waals surface area contributed by atoms with Gasteiger partial charge in [0.2, 0.25) is 0 Å². The fourth-order valence-corrected chi connectivity index (χ4v) is 2.12. The molecule has 0 aromatic carbocycles. The van der Waals surface area contributed by atoms with Crippen LogP contribution < -0.4 is 5.73 Å². The molecule has 0 amide bonds. The van der Waals surface area contributed by atoms with Gasteiger partial charge in [-0.2, -0.15) is 0 Å². The third kappa shape index (κ3) is 2.33. The summed E-state index contributed by atoms with van der Waals surface area (Å²) in [6, 6.07) is 0.357. The van der Waals surface area contributed by atoms with Crippen molar-refractivity contribution in [3.05, 3.63) is 24.3 Å². The van der Waals surface area contributed by atoms with Crippen LogP contribution in [0.15, 0.2) is 18.6 Å². The van der Waals surface area contributed by atoms with E-state index in [-0.39, 0.29) is 0 Å². The van der Waals surface area contributed by atoms with Crippen LogP contribution in [0.25, 0.3) is 0 Å². The molecule has 0 unspecified atom stereocenters. The van der Waals surface area contributed by atoms with E-state index in [2.05, 4.69) is 21.8 Å².